The molecule has 1 heterocycles. The molecule has 1 amide bonds. The fourth-order valence-electron chi connectivity index (χ4n) is 2.71. The summed E-state index contributed by atoms with van der Waals surface area (Å²) in [6.45, 7) is 8.67. The summed E-state index contributed by atoms with van der Waals surface area (Å²) in [5.41, 5.74) is -0.00561. The molecule has 1 aliphatic carbocycles. The summed E-state index contributed by atoms with van der Waals surface area (Å²) in [5.74, 6) is 0.00914. The quantitative estimate of drug-likeness (QED) is 0.860. The van der Waals surface area contributed by atoms with Crippen LogP contribution >= 0.6 is 22.0 Å². The molecule has 1 fully saturated rings. The number of rotatable bonds is 4. The number of halogens is 1. The fraction of sp³-hybridized carbons (Fsp3) is 0.615. The molecule has 0 bridgehead atoms. The van der Waals surface area contributed by atoms with E-state index in [0.717, 1.165) is 16.2 Å². The van der Waals surface area contributed by atoms with E-state index in [1.807, 2.05) is 0 Å². The first-order valence-corrected chi connectivity index (χ1v) is 9.41. The lowest BCUT2D eigenvalue weighted by molar-refractivity contribution is -0.123. The van der Waals surface area contributed by atoms with Crippen molar-refractivity contribution in [1.82, 2.24) is 5.32 Å². The number of carbonyl (C=O) groups excluding carboxylic acids is 1. The molecular formula is C13H18ClNO3S2. The van der Waals surface area contributed by atoms with Gasteiger partial charge in [0.2, 0.25) is 5.91 Å². The van der Waals surface area contributed by atoms with Crippen molar-refractivity contribution in [2.24, 2.45) is 16.7 Å². The maximum Gasteiger partial charge on any atom is 0.270 e. The molecule has 1 aromatic heterocycles. The molecule has 4 nitrogen and oxygen atoms in total. The Morgan fingerprint density at radius 3 is 2.25 bits per heavy atom. The second kappa shape index (κ2) is 4.71. The maximum atomic E-state index is 12.2. The van der Waals surface area contributed by atoms with E-state index in [1.54, 1.807) is 6.07 Å². The van der Waals surface area contributed by atoms with E-state index in [1.165, 1.54) is 6.07 Å². The van der Waals surface area contributed by atoms with E-state index in [9.17, 15) is 13.2 Å². The highest BCUT2D eigenvalue weighted by atomic mass is 35.7. The van der Waals surface area contributed by atoms with E-state index >= 15 is 0 Å². The van der Waals surface area contributed by atoms with Gasteiger partial charge in [0.1, 0.15) is 4.21 Å². The van der Waals surface area contributed by atoms with Crippen LogP contribution in [-0.2, 0) is 20.4 Å². The molecular weight excluding hydrogens is 318 g/mol. The van der Waals surface area contributed by atoms with Gasteiger partial charge in [0, 0.05) is 21.5 Å². The Bertz CT molecular complexity index is 632. The summed E-state index contributed by atoms with van der Waals surface area (Å²) < 4.78 is 22.4. The van der Waals surface area contributed by atoms with Crippen molar-refractivity contribution < 1.29 is 13.2 Å². The van der Waals surface area contributed by atoms with Crippen molar-refractivity contribution in [3.8, 4) is 0 Å². The van der Waals surface area contributed by atoms with Gasteiger partial charge < -0.3 is 5.32 Å². The standard InChI is InChI=1S/C13H18ClNO3S2/c1-12(2)10(13(12,3)4)11(16)15-7-8-5-6-9(19-8)20(14,17)18/h5-6,10H,7H2,1-4H3,(H,15,16). The Hall–Kier alpha value is -0.590. The van der Waals surface area contributed by atoms with Crippen molar-refractivity contribution in [3.05, 3.63) is 17.0 Å². The van der Waals surface area contributed by atoms with Gasteiger partial charge >= 0.3 is 0 Å². The molecule has 7 heteroatoms. The highest BCUT2D eigenvalue weighted by Gasteiger charge is 2.68. The molecule has 0 aliphatic heterocycles. The normalized spacial score (nSPS) is 20.6. The summed E-state index contributed by atoms with van der Waals surface area (Å²) in [4.78, 5) is 12.9. The molecule has 1 N–H and O–H groups in total. The van der Waals surface area contributed by atoms with E-state index < -0.39 is 9.05 Å². The number of carbonyl (C=O) groups is 1. The minimum atomic E-state index is -3.68. The van der Waals surface area contributed by atoms with Gasteiger partial charge in [-0.1, -0.05) is 27.7 Å². The Labute approximate surface area is 127 Å². The minimum absolute atomic E-state index is 0.00281. The molecule has 0 unspecified atom stereocenters. The molecule has 1 aliphatic rings. The van der Waals surface area contributed by atoms with Crippen LogP contribution in [0.15, 0.2) is 16.3 Å². The summed E-state index contributed by atoms with van der Waals surface area (Å²) in [6, 6.07) is 3.13. The van der Waals surface area contributed by atoms with Crippen LogP contribution in [0.4, 0.5) is 0 Å². The molecule has 0 aromatic carbocycles. The average Bonchev–Trinajstić information content (AvgIpc) is 2.68. The van der Waals surface area contributed by atoms with Crippen molar-refractivity contribution in [3.63, 3.8) is 0 Å². The zero-order chi connectivity index (χ0) is 15.3. The van der Waals surface area contributed by atoms with E-state index in [0.29, 0.717) is 6.54 Å². The van der Waals surface area contributed by atoms with Crippen LogP contribution in [0.2, 0.25) is 0 Å². The molecule has 20 heavy (non-hydrogen) atoms. The highest BCUT2D eigenvalue weighted by molar-refractivity contribution is 8.15. The molecule has 0 saturated heterocycles. The van der Waals surface area contributed by atoms with Gasteiger partial charge in [-0.2, -0.15) is 0 Å². The molecule has 1 aromatic rings. The minimum Gasteiger partial charge on any atom is -0.351 e. The lowest BCUT2D eigenvalue weighted by Gasteiger charge is -2.04. The van der Waals surface area contributed by atoms with Gasteiger partial charge in [-0.05, 0) is 23.0 Å². The molecule has 2 rings (SSSR count). The SMILES string of the molecule is CC1(C)C(C(=O)NCc2ccc(S(=O)(=O)Cl)s2)C1(C)C. The monoisotopic (exact) mass is 335 g/mol. The first-order valence-electron chi connectivity index (χ1n) is 6.29. The summed E-state index contributed by atoms with van der Waals surface area (Å²) in [5, 5.41) is 2.87. The van der Waals surface area contributed by atoms with Gasteiger partial charge in [0.25, 0.3) is 9.05 Å². The summed E-state index contributed by atoms with van der Waals surface area (Å²) >= 11 is 1.08. The third-order valence-corrected chi connectivity index (χ3v) is 7.78. The molecule has 0 atom stereocenters. The number of hydrogen-bond donors (Lipinski definition) is 1. The topological polar surface area (TPSA) is 63.2 Å². The van der Waals surface area contributed by atoms with Gasteiger partial charge in [0.15, 0.2) is 0 Å². The van der Waals surface area contributed by atoms with Crippen molar-refractivity contribution in [2.45, 2.75) is 38.4 Å². The van der Waals surface area contributed by atoms with E-state index in [4.69, 9.17) is 10.7 Å². The van der Waals surface area contributed by atoms with Crippen LogP contribution in [-0.4, -0.2) is 14.3 Å². The zero-order valence-corrected chi connectivity index (χ0v) is 14.2. The smallest absolute Gasteiger partial charge is 0.270 e. The van der Waals surface area contributed by atoms with E-state index in [-0.39, 0.29) is 26.9 Å². The lowest BCUT2D eigenvalue weighted by Crippen LogP contribution is -2.26. The maximum absolute atomic E-state index is 12.2. The van der Waals surface area contributed by atoms with Crippen LogP contribution in [0, 0.1) is 16.7 Å². The first-order chi connectivity index (χ1) is 8.98. The Kier molecular flexibility index (Phi) is 3.72. The van der Waals surface area contributed by atoms with Gasteiger partial charge in [0.05, 0.1) is 6.54 Å². The summed E-state index contributed by atoms with van der Waals surface area (Å²) in [7, 11) is 1.58. The first kappa shape index (κ1) is 15.8. The summed E-state index contributed by atoms with van der Waals surface area (Å²) in [6.07, 6.45) is 0. The zero-order valence-electron chi connectivity index (χ0n) is 11.9. The third-order valence-electron chi connectivity index (χ3n) is 4.60. The molecule has 1 saturated carbocycles. The molecule has 112 valence electrons. The second-order valence-corrected chi connectivity index (χ2v) is 10.2. The fourth-order valence-corrected chi connectivity index (χ4v) is 4.77. The Morgan fingerprint density at radius 2 is 1.85 bits per heavy atom. The van der Waals surface area contributed by atoms with Crippen LogP contribution < -0.4 is 5.32 Å². The van der Waals surface area contributed by atoms with Crippen molar-refractivity contribution >= 4 is 37.0 Å². The van der Waals surface area contributed by atoms with Crippen LogP contribution in [0.25, 0.3) is 0 Å². The van der Waals surface area contributed by atoms with Gasteiger partial charge in [-0.3, -0.25) is 4.79 Å². The number of nitrogens with one attached hydrogen (secondary N) is 1. The lowest BCUT2D eigenvalue weighted by atomic mass is 10.0. The van der Waals surface area contributed by atoms with Crippen molar-refractivity contribution in [2.75, 3.05) is 0 Å². The second-order valence-electron chi connectivity index (χ2n) is 6.25. The number of thiophene rings is 1. The average molecular weight is 336 g/mol. The molecule has 0 spiro atoms. The van der Waals surface area contributed by atoms with Gasteiger partial charge in [-0.25, -0.2) is 8.42 Å². The number of amides is 1. The van der Waals surface area contributed by atoms with Gasteiger partial charge in [-0.15, -0.1) is 11.3 Å². The largest absolute Gasteiger partial charge is 0.351 e. The number of hydrogen-bond acceptors (Lipinski definition) is 4. The van der Waals surface area contributed by atoms with Crippen molar-refractivity contribution in [1.29, 1.82) is 0 Å². The highest BCUT2D eigenvalue weighted by Crippen LogP contribution is 2.68. The third kappa shape index (κ3) is 2.61. The van der Waals surface area contributed by atoms with E-state index in [2.05, 4.69) is 33.0 Å². The van der Waals surface area contributed by atoms with Crippen LogP contribution in [0.3, 0.4) is 0 Å². The molecule has 0 radical (unpaired) electrons. The Morgan fingerprint density at radius 1 is 1.30 bits per heavy atom. The Balaban J connectivity index is 1.97. The predicted molar refractivity (Wildman–Crippen MR) is 80.3 cm³/mol. The van der Waals surface area contributed by atoms with Crippen LogP contribution in [0.5, 0.6) is 0 Å². The predicted octanol–water partition coefficient (Wildman–Crippen LogP) is 2.97. The van der Waals surface area contributed by atoms with Crippen LogP contribution in [0.1, 0.15) is 32.6 Å².